The molecular weight excluding hydrogens is 218 g/mol. The predicted molar refractivity (Wildman–Crippen MR) is 54.4 cm³/mol. The molecule has 0 amide bonds. The number of likely N-dealkylation sites (tertiary alicyclic amines) is 1. The normalized spacial score (nSPS) is 35.7. The number of carbonyl (C=O) groups is 1. The van der Waals surface area contributed by atoms with Crippen molar-refractivity contribution >= 4 is 15.8 Å². The zero-order chi connectivity index (χ0) is 11.1. The molecule has 5 nitrogen and oxygen atoms in total. The molecule has 0 aliphatic carbocycles. The summed E-state index contributed by atoms with van der Waals surface area (Å²) in [4.78, 5) is 12.8. The Morgan fingerprint density at radius 1 is 1.33 bits per heavy atom. The van der Waals surface area contributed by atoms with Gasteiger partial charge in [0.25, 0.3) is 0 Å². The molecule has 0 aromatic heterocycles. The van der Waals surface area contributed by atoms with Crippen LogP contribution >= 0.6 is 0 Å². The highest BCUT2D eigenvalue weighted by Crippen LogP contribution is 2.26. The van der Waals surface area contributed by atoms with Crippen LogP contribution in [0.25, 0.3) is 0 Å². The van der Waals surface area contributed by atoms with Crippen molar-refractivity contribution in [2.45, 2.75) is 31.3 Å². The highest BCUT2D eigenvalue weighted by molar-refractivity contribution is 7.91. The van der Waals surface area contributed by atoms with E-state index in [0.29, 0.717) is 12.8 Å². The fraction of sp³-hybridized carbons (Fsp3) is 0.889. The van der Waals surface area contributed by atoms with Crippen molar-refractivity contribution < 1.29 is 18.3 Å². The molecule has 15 heavy (non-hydrogen) atoms. The Bertz CT molecular complexity index is 364. The number of rotatable bonds is 2. The summed E-state index contributed by atoms with van der Waals surface area (Å²) in [5.41, 5.74) is 0. The first-order valence-electron chi connectivity index (χ1n) is 5.18. The molecule has 2 aliphatic rings. The average molecular weight is 233 g/mol. The summed E-state index contributed by atoms with van der Waals surface area (Å²) in [6.07, 6.45) is 2.09. The van der Waals surface area contributed by atoms with Crippen molar-refractivity contribution in [1.29, 1.82) is 0 Å². The summed E-state index contributed by atoms with van der Waals surface area (Å²) < 4.78 is 22.6. The van der Waals surface area contributed by atoms with E-state index in [9.17, 15) is 13.2 Å². The Kier molecular flexibility index (Phi) is 2.72. The zero-order valence-electron chi connectivity index (χ0n) is 8.42. The lowest BCUT2D eigenvalue weighted by Crippen LogP contribution is -2.43. The smallest absolute Gasteiger partial charge is 0.320 e. The van der Waals surface area contributed by atoms with Gasteiger partial charge in [0.05, 0.1) is 11.5 Å². The SMILES string of the molecule is O=C(O)[C@@H]1CCCN1[C@H]1CCS(=O)(=O)C1. The quantitative estimate of drug-likeness (QED) is 0.710. The van der Waals surface area contributed by atoms with Gasteiger partial charge in [-0.05, 0) is 25.8 Å². The molecule has 2 heterocycles. The van der Waals surface area contributed by atoms with Gasteiger partial charge >= 0.3 is 5.97 Å². The summed E-state index contributed by atoms with van der Waals surface area (Å²) >= 11 is 0. The van der Waals surface area contributed by atoms with Gasteiger partial charge in [0.1, 0.15) is 6.04 Å². The predicted octanol–water partition coefficient (Wildman–Crippen LogP) is -0.277. The lowest BCUT2D eigenvalue weighted by atomic mass is 10.2. The van der Waals surface area contributed by atoms with Crippen molar-refractivity contribution in [3.8, 4) is 0 Å². The fourth-order valence-electron chi connectivity index (χ4n) is 2.53. The maximum Gasteiger partial charge on any atom is 0.320 e. The Morgan fingerprint density at radius 2 is 2.07 bits per heavy atom. The first kappa shape index (κ1) is 10.9. The average Bonchev–Trinajstić information content (AvgIpc) is 2.69. The van der Waals surface area contributed by atoms with Gasteiger partial charge in [0.15, 0.2) is 9.84 Å². The number of carboxylic acids is 1. The molecule has 0 spiro atoms. The van der Waals surface area contributed by atoms with Crippen LogP contribution in [0, 0.1) is 0 Å². The molecule has 0 aromatic rings. The number of hydrogen-bond donors (Lipinski definition) is 1. The third-order valence-electron chi connectivity index (χ3n) is 3.26. The standard InChI is InChI=1S/C9H15NO4S/c11-9(12)8-2-1-4-10(8)7-3-5-15(13,14)6-7/h7-8H,1-6H2,(H,11,12)/t7-,8-/m0/s1. The Labute approximate surface area is 89.0 Å². The van der Waals surface area contributed by atoms with Crippen molar-refractivity contribution in [3.05, 3.63) is 0 Å². The van der Waals surface area contributed by atoms with Crippen LogP contribution in [0.3, 0.4) is 0 Å². The maximum atomic E-state index is 11.3. The van der Waals surface area contributed by atoms with Crippen LogP contribution in [0.4, 0.5) is 0 Å². The van der Waals surface area contributed by atoms with E-state index in [1.165, 1.54) is 0 Å². The molecule has 86 valence electrons. The van der Waals surface area contributed by atoms with Gasteiger partial charge in [0, 0.05) is 6.04 Å². The molecule has 6 heteroatoms. The summed E-state index contributed by atoms with van der Waals surface area (Å²) in [6.45, 7) is 0.719. The molecule has 0 saturated carbocycles. The van der Waals surface area contributed by atoms with E-state index in [1.54, 1.807) is 0 Å². The van der Waals surface area contributed by atoms with Gasteiger partial charge in [-0.1, -0.05) is 0 Å². The summed E-state index contributed by atoms with van der Waals surface area (Å²) in [5.74, 6) is -0.478. The van der Waals surface area contributed by atoms with Crippen LogP contribution in [0.5, 0.6) is 0 Å². The van der Waals surface area contributed by atoms with E-state index >= 15 is 0 Å². The highest BCUT2D eigenvalue weighted by Gasteiger charge is 2.40. The second-order valence-corrected chi connectivity index (χ2v) is 6.52. The van der Waals surface area contributed by atoms with Gasteiger partial charge in [-0.2, -0.15) is 0 Å². The molecule has 2 aliphatic heterocycles. The number of nitrogens with zero attached hydrogens (tertiary/aromatic N) is 1. The molecule has 1 N–H and O–H groups in total. The number of sulfone groups is 1. The van der Waals surface area contributed by atoms with E-state index in [2.05, 4.69) is 0 Å². The van der Waals surface area contributed by atoms with Crippen LogP contribution in [0.2, 0.25) is 0 Å². The molecule has 0 unspecified atom stereocenters. The highest BCUT2D eigenvalue weighted by atomic mass is 32.2. The van der Waals surface area contributed by atoms with Crippen LogP contribution in [-0.4, -0.2) is 54.5 Å². The molecule has 0 bridgehead atoms. The van der Waals surface area contributed by atoms with Crippen molar-refractivity contribution in [3.63, 3.8) is 0 Å². The molecule has 0 radical (unpaired) electrons. The van der Waals surface area contributed by atoms with Crippen LogP contribution < -0.4 is 0 Å². The Hall–Kier alpha value is -0.620. The third kappa shape index (κ3) is 2.15. The molecule has 2 atom stereocenters. The monoisotopic (exact) mass is 233 g/mol. The van der Waals surface area contributed by atoms with Gasteiger partial charge in [0.2, 0.25) is 0 Å². The first-order chi connectivity index (χ1) is 6.99. The molecule has 2 saturated heterocycles. The molecular formula is C9H15NO4S. The zero-order valence-corrected chi connectivity index (χ0v) is 9.24. The summed E-state index contributed by atoms with van der Waals surface area (Å²) in [5, 5.41) is 8.98. The van der Waals surface area contributed by atoms with Gasteiger partial charge in [-0.15, -0.1) is 0 Å². The van der Waals surface area contributed by atoms with Crippen LogP contribution in [0.1, 0.15) is 19.3 Å². The van der Waals surface area contributed by atoms with Crippen molar-refractivity contribution in [2.24, 2.45) is 0 Å². The summed E-state index contributed by atoms with van der Waals surface area (Å²) in [7, 11) is -2.92. The largest absolute Gasteiger partial charge is 0.480 e. The van der Waals surface area contributed by atoms with E-state index in [-0.39, 0.29) is 17.5 Å². The minimum Gasteiger partial charge on any atom is -0.480 e. The van der Waals surface area contributed by atoms with E-state index < -0.39 is 21.8 Å². The van der Waals surface area contributed by atoms with Crippen LogP contribution in [0.15, 0.2) is 0 Å². The first-order valence-corrected chi connectivity index (χ1v) is 7.01. The number of hydrogen-bond acceptors (Lipinski definition) is 4. The summed E-state index contributed by atoms with van der Waals surface area (Å²) in [6, 6.07) is -0.540. The minimum absolute atomic E-state index is 0.0707. The molecule has 2 rings (SSSR count). The maximum absolute atomic E-state index is 11.3. The van der Waals surface area contributed by atoms with Crippen LogP contribution in [-0.2, 0) is 14.6 Å². The fourth-order valence-corrected chi connectivity index (χ4v) is 4.27. The van der Waals surface area contributed by atoms with E-state index in [1.807, 2.05) is 4.90 Å². The Morgan fingerprint density at radius 3 is 2.60 bits per heavy atom. The third-order valence-corrected chi connectivity index (χ3v) is 5.01. The van der Waals surface area contributed by atoms with Gasteiger partial charge < -0.3 is 5.11 Å². The Balaban J connectivity index is 2.08. The number of carboxylic acid groups (broad SMARTS) is 1. The lowest BCUT2D eigenvalue weighted by molar-refractivity contribution is -0.142. The minimum atomic E-state index is -2.92. The van der Waals surface area contributed by atoms with Crippen molar-refractivity contribution in [1.82, 2.24) is 4.90 Å². The van der Waals surface area contributed by atoms with E-state index in [0.717, 1.165) is 13.0 Å². The molecule has 0 aromatic carbocycles. The van der Waals surface area contributed by atoms with Gasteiger partial charge in [-0.25, -0.2) is 8.42 Å². The second-order valence-electron chi connectivity index (χ2n) is 4.29. The lowest BCUT2D eigenvalue weighted by Gasteiger charge is -2.26. The van der Waals surface area contributed by atoms with Crippen molar-refractivity contribution in [2.75, 3.05) is 18.1 Å². The topological polar surface area (TPSA) is 74.7 Å². The second kappa shape index (κ2) is 3.75. The van der Waals surface area contributed by atoms with E-state index in [4.69, 9.17) is 5.11 Å². The number of aliphatic carboxylic acids is 1. The molecule has 2 fully saturated rings. The van der Waals surface area contributed by atoms with Gasteiger partial charge in [-0.3, -0.25) is 9.69 Å².